The first-order valence-electron chi connectivity index (χ1n) is 6.31. The summed E-state index contributed by atoms with van der Waals surface area (Å²) < 4.78 is 10.4. The first-order valence-corrected chi connectivity index (χ1v) is 6.31. The van der Waals surface area contributed by atoms with Crippen molar-refractivity contribution in [1.29, 1.82) is 0 Å². The van der Waals surface area contributed by atoms with Crippen molar-refractivity contribution in [3.8, 4) is 5.75 Å². The highest BCUT2D eigenvalue weighted by molar-refractivity contribution is 5.89. The van der Waals surface area contributed by atoms with E-state index in [4.69, 9.17) is 4.74 Å². The predicted molar refractivity (Wildman–Crippen MR) is 76.1 cm³/mol. The summed E-state index contributed by atoms with van der Waals surface area (Å²) in [6.07, 6.45) is 2.33. The molecule has 1 heterocycles. The normalized spacial score (nSPS) is 15.4. The highest BCUT2D eigenvalue weighted by Crippen LogP contribution is 2.17. The number of ether oxygens (including phenoxy) is 2. The molecule has 1 fully saturated rings. The van der Waals surface area contributed by atoms with E-state index >= 15 is 0 Å². The molecular weight excluding hydrogens is 266 g/mol. The molecule has 1 aliphatic heterocycles. The number of piperidine rings is 1. The molecule has 0 bridgehead atoms. The topological polar surface area (TPSA) is 47.6 Å². The van der Waals surface area contributed by atoms with E-state index < -0.39 is 0 Å². The maximum absolute atomic E-state index is 11.3. The third kappa shape index (κ3) is 4.73. The minimum absolute atomic E-state index is 0. The van der Waals surface area contributed by atoms with Crippen LogP contribution >= 0.6 is 12.4 Å². The summed E-state index contributed by atoms with van der Waals surface area (Å²) in [5, 5.41) is 3.33. The zero-order valence-electron chi connectivity index (χ0n) is 11.1. The SMILES string of the molecule is COC(=O)c1ccc(OCC2CCNCC2)cc1.Cl. The van der Waals surface area contributed by atoms with E-state index in [0.717, 1.165) is 25.4 Å². The van der Waals surface area contributed by atoms with Gasteiger partial charge in [0.05, 0.1) is 19.3 Å². The van der Waals surface area contributed by atoms with E-state index in [1.165, 1.54) is 20.0 Å². The number of carbonyl (C=O) groups excluding carboxylic acids is 1. The Morgan fingerprint density at radius 1 is 1.26 bits per heavy atom. The third-order valence-electron chi connectivity index (χ3n) is 3.22. The van der Waals surface area contributed by atoms with Gasteiger partial charge in [-0.2, -0.15) is 0 Å². The molecule has 19 heavy (non-hydrogen) atoms. The number of benzene rings is 1. The van der Waals surface area contributed by atoms with E-state index in [9.17, 15) is 4.79 Å². The quantitative estimate of drug-likeness (QED) is 0.862. The Hall–Kier alpha value is -1.26. The molecule has 0 aliphatic carbocycles. The van der Waals surface area contributed by atoms with E-state index in [-0.39, 0.29) is 18.4 Å². The lowest BCUT2D eigenvalue weighted by Gasteiger charge is -2.22. The Kier molecular flexibility index (Phi) is 6.67. The van der Waals surface area contributed by atoms with Gasteiger partial charge in [0.1, 0.15) is 5.75 Å². The van der Waals surface area contributed by atoms with Crippen LogP contribution < -0.4 is 10.1 Å². The number of hydrogen-bond donors (Lipinski definition) is 1. The van der Waals surface area contributed by atoms with Gasteiger partial charge in [-0.15, -0.1) is 12.4 Å². The van der Waals surface area contributed by atoms with Gasteiger partial charge in [0, 0.05) is 0 Å². The van der Waals surface area contributed by atoms with E-state index in [1.54, 1.807) is 12.1 Å². The zero-order chi connectivity index (χ0) is 12.8. The molecule has 1 aromatic carbocycles. The number of rotatable bonds is 4. The molecule has 0 spiro atoms. The molecule has 1 N–H and O–H groups in total. The van der Waals surface area contributed by atoms with E-state index in [1.807, 2.05) is 12.1 Å². The predicted octanol–water partition coefficient (Wildman–Crippen LogP) is 2.27. The van der Waals surface area contributed by atoms with Gasteiger partial charge in [0.25, 0.3) is 0 Å². The smallest absolute Gasteiger partial charge is 0.337 e. The number of halogens is 1. The van der Waals surface area contributed by atoms with Crippen LogP contribution in [0.15, 0.2) is 24.3 Å². The Morgan fingerprint density at radius 2 is 1.89 bits per heavy atom. The molecule has 0 saturated carbocycles. The summed E-state index contributed by atoms with van der Waals surface area (Å²) in [6, 6.07) is 7.08. The second-order valence-corrected chi connectivity index (χ2v) is 4.52. The summed E-state index contributed by atoms with van der Waals surface area (Å²) in [5.74, 6) is 1.12. The minimum atomic E-state index is -0.320. The monoisotopic (exact) mass is 285 g/mol. The lowest BCUT2D eigenvalue weighted by Crippen LogP contribution is -2.30. The highest BCUT2D eigenvalue weighted by atomic mass is 35.5. The zero-order valence-corrected chi connectivity index (χ0v) is 11.9. The van der Waals surface area contributed by atoms with Gasteiger partial charge in [-0.25, -0.2) is 4.79 Å². The maximum atomic E-state index is 11.3. The Bertz CT molecular complexity index is 388. The molecule has 1 aliphatic rings. The summed E-state index contributed by atoms with van der Waals surface area (Å²) in [5.41, 5.74) is 0.548. The van der Waals surface area contributed by atoms with Crippen LogP contribution in [0.5, 0.6) is 5.75 Å². The Morgan fingerprint density at radius 3 is 2.47 bits per heavy atom. The van der Waals surface area contributed by atoms with Crippen LogP contribution in [0, 0.1) is 5.92 Å². The van der Waals surface area contributed by atoms with Gasteiger partial charge in [0.15, 0.2) is 0 Å². The van der Waals surface area contributed by atoms with Gasteiger partial charge in [-0.1, -0.05) is 0 Å². The largest absolute Gasteiger partial charge is 0.493 e. The summed E-state index contributed by atoms with van der Waals surface area (Å²) >= 11 is 0. The van der Waals surface area contributed by atoms with Gasteiger partial charge >= 0.3 is 5.97 Å². The molecule has 2 rings (SSSR count). The second kappa shape index (κ2) is 8.02. The fourth-order valence-corrected chi connectivity index (χ4v) is 2.07. The minimum Gasteiger partial charge on any atom is -0.493 e. The molecule has 1 aromatic rings. The van der Waals surface area contributed by atoms with Crippen LogP contribution in [0.4, 0.5) is 0 Å². The van der Waals surface area contributed by atoms with Crippen molar-refractivity contribution in [2.75, 3.05) is 26.8 Å². The average Bonchev–Trinajstić information content (AvgIpc) is 2.46. The number of esters is 1. The van der Waals surface area contributed by atoms with Crippen molar-refractivity contribution in [1.82, 2.24) is 5.32 Å². The Labute approximate surface area is 119 Å². The summed E-state index contributed by atoms with van der Waals surface area (Å²) in [7, 11) is 1.38. The van der Waals surface area contributed by atoms with Crippen molar-refractivity contribution in [3.05, 3.63) is 29.8 Å². The van der Waals surface area contributed by atoms with Gasteiger partial charge < -0.3 is 14.8 Å². The van der Waals surface area contributed by atoms with Crippen LogP contribution in [-0.4, -0.2) is 32.8 Å². The lowest BCUT2D eigenvalue weighted by molar-refractivity contribution is 0.0600. The van der Waals surface area contributed by atoms with Crippen molar-refractivity contribution in [2.45, 2.75) is 12.8 Å². The second-order valence-electron chi connectivity index (χ2n) is 4.52. The van der Waals surface area contributed by atoms with Crippen molar-refractivity contribution >= 4 is 18.4 Å². The molecule has 106 valence electrons. The first kappa shape index (κ1) is 15.8. The van der Waals surface area contributed by atoms with Crippen molar-refractivity contribution in [2.24, 2.45) is 5.92 Å². The van der Waals surface area contributed by atoms with Crippen LogP contribution in [0.3, 0.4) is 0 Å². The molecule has 0 atom stereocenters. The molecule has 0 radical (unpaired) electrons. The molecule has 1 saturated heterocycles. The summed E-state index contributed by atoms with van der Waals surface area (Å²) in [6.45, 7) is 2.91. The van der Waals surface area contributed by atoms with Crippen molar-refractivity contribution in [3.63, 3.8) is 0 Å². The standard InChI is InChI=1S/C14H19NO3.ClH/c1-17-14(16)12-2-4-13(5-3-12)18-10-11-6-8-15-9-7-11;/h2-5,11,15H,6-10H2,1H3;1H. The van der Waals surface area contributed by atoms with Gasteiger partial charge in [-0.3, -0.25) is 0 Å². The summed E-state index contributed by atoms with van der Waals surface area (Å²) in [4.78, 5) is 11.3. The first-order chi connectivity index (χ1) is 8.79. The molecule has 5 heteroatoms. The van der Waals surface area contributed by atoms with Gasteiger partial charge in [-0.05, 0) is 56.1 Å². The van der Waals surface area contributed by atoms with Crippen molar-refractivity contribution < 1.29 is 14.3 Å². The molecule has 0 aromatic heterocycles. The molecule has 0 unspecified atom stereocenters. The number of carbonyl (C=O) groups is 1. The molecule has 4 nitrogen and oxygen atoms in total. The lowest BCUT2D eigenvalue weighted by atomic mass is 9.99. The number of methoxy groups -OCH3 is 1. The Balaban J connectivity index is 0.00000180. The van der Waals surface area contributed by atoms with E-state index in [2.05, 4.69) is 10.1 Å². The maximum Gasteiger partial charge on any atom is 0.337 e. The molecule has 0 amide bonds. The fraction of sp³-hybridized carbons (Fsp3) is 0.500. The number of hydrogen-bond acceptors (Lipinski definition) is 4. The third-order valence-corrected chi connectivity index (χ3v) is 3.22. The van der Waals surface area contributed by atoms with Crippen LogP contribution in [0.1, 0.15) is 23.2 Å². The number of nitrogens with one attached hydrogen (secondary N) is 1. The highest BCUT2D eigenvalue weighted by Gasteiger charge is 2.13. The molecular formula is C14H20ClNO3. The fourth-order valence-electron chi connectivity index (χ4n) is 2.07. The van der Waals surface area contributed by atoms with Crippen LogP contribution in [-0.2, 0) is 4.74 Å². The van der Waals surface area contributed by atoms with Crippen LogP contribution in [0.25, 0.3) is 0 Å². The van der Waals surface area contributed by atoms with Crippen LogP contribution in [0.2, 0.25) is 0 Å². The van der Waals surface area contributed by atoms with E-state index in [0.29, 0.717) is 11.5 Å². The van der Waals surface area contributed by atoms with Gasteiger partial charge in [0.2, 0.25) is 0 Å². The average molecular weight is 286 g/mol.